The zero-order valence-corrected chi connectivity index (χ0v) is 21.4. The van der Waals surface area contributed by atoms with Crippen LogP contribution in [0.25, 0.3) is 11.3 Å². The van der Waals surface area contributed by atoms with Crippen LogP contribution in [0.15, 0.2) is 42.6 Å². The second kappa shape index (κ2) is 11.0. The van der Waals surface area contributed by atoms with Crippen LogP contribution in [0.5, 0.6) is 0 Å². The van der Waals surface area contributed by atoms with Crippen molar-refractivity contribution in [2.45, 2.75) is 38.4 Å². The Kier molecular flexibility index (Phi) is 7.53. The Bertz CT molecular complexity index is 1360. The predicted molar refractivity (Wildman–Crippen MR) is 138 cm³/mol. The number of amides is 2. The molecule has 0 bridgehead atoms. The third-order valence-corrected chi connectivity index (χ3v) is 6.98. The first-order valence-electron chi connectivity index (χ1n) is 12.3. The number of nitrogens with one attached hydrogen (secondary N) is 2. The SMILES string of the molecule is CC(NC(=O)CN1Cc2ccc(-c3nc(NC4CCOCC4)ncc3Cl)cc2C1=O)c1c(F)cccc1F. The number of fused-ring (bicyclic) bond motifs is 1. The number of carbonyl (C=O) groups is 2. The van der Waals surface area contributed by atoms with Gasteiger partial charge in [-0.1, -0.05) is 29.8 Å². The number of anilines is 1. The zero-order valence-electron chi connectivity index (χ0n) is 20.6. The molecular weight excluding hydrogens is 516 g/mol. The molecule has 0 saturated carbocycles. The molecule has 1 fully saturated rings. The molecule has 2 aliphatic heterocycles. The fraction of sp³-hybridized carbons (Fsp3) is 0.333. The van der Waals surface area contributed by atoms with E-state index in [-0.39, 0.29) is 30.6 Å². The molecular formula is C27H26ClF2N5O3. The minimum atomic E-state index is -0.903. The minimum Gasteiger partial charge on any atom is -0.381 e. The number of aromatic nitrogens is 2. The summed E-state index contributed by atoms with van der Waals surface area (Å²) in [4.78, 5) is 36.0. The van der Waals surface area contributed by atoms with Crippen LogP contribution in [0.2, 0.25) is 5.02 Å². The van der Waals surface area contributed by atoms with Gasteiger partial charge in [0.1, 0.15) is 18.2 Å². The first kappa shape index (κ1) is 26.0. The second-order valence-electron chi connectivity index (χ2n) is 9.38. The summed E-state index contributed by atoms with van der Waals surface area (Å²) in [6.07, 6.45) is 3.23. The van der Waals surface area contributed by atoms with Crippen molar-refractivity contribution in [1.29, 1.82) is 0 Å². The fourth-order valence-electron chi connectivity index (χ4n) is 4.76. The van der Waals surface area contributed by atoms with Gasteiger partial charge in [0.2, 0.25) is 11.9 Å². The fourth-order valence-corrected chi connectivity index (χ4v) is 4.96. The summed E-state index contributed by atoms with van der Waals surface area (Å²) in [6, 6.07) is 8.16. The summed E-state index contributed by atoms with van der Waals surface area (Å²) < 4.78 is 33.5. The first-order valence-corrected chi connectivity index (χ1v) is 12.7. The van der Waals surface area contributed by atoms with Crippen LogP contribution in [0.3, 0.4) is 0 Å². The van der Waals surface area contributed by atoms with Crippen LogP contribution in [-0.4, -0.2) is 52.5 Å². The molecule has 1 aromatic heterocycles. The molecule has 1 atom stereocenters. The summed E-state index contributed by atoms with van der Waals surface area (Å²) in [5, 5.41) is 6.24. The van der Waals surface area contributed by atoms with Crippen molar-refractivity contribution < 1.29 is 23.1 Å². The number of rotatable bonds is 7. The number of nitrogens with zero attached hydrogens (tertiary/aromatic N) is 3. The van der Waals surface area contributed by atoms with Gasteiger partial charge < -0.3 is 20.3 Å². The summed E-state index contributed by atoms with van der Waals surface area (Å²) in [5.74, 6) is -1.90. The third-order valence-electron chi connectivity index (χ3n) is 6.71. The summed E-state index contributed by atoms with van der Waals surface area (Å²) in [5.41, 5.74) is 2.11. The largest absolute Gasteiger partial charge is 0.381 e. The molecule has 3 aromatic rings. The van der Waals surface area contributed by atoms with Crippen molar-refractivity contribution in [2.75, 3.05) is 25.1 Å². The molecule has 11 heteroatoms. The van der Waals surface area contributed by atoms with Crippen LogP contribution < -0.4 is 10.6 Å². The van der Waals surface area contributed by atoms with Crippen LogP contribution in [0, 0.1) is 11.6 Å². The van der Waals surface area contributed by atoms with Crippen molar-refractivity contribution in [2.24, 2.45) is 0 Å². The maximum atomic E-state index is 14.1. The topological polar surface area (TPSA) is 96.5 Å². The summed E-state index contributed by atoms with van der Waals surface area (Å²) in [6.45, 7) is 2.83. The molecule has 0 spiro atoms. The van der Waals surface area contributed by atoms with Gasteiger partial charge in [0, 0.05) is 42.5 Å². The number of benzene rings is 2. The molecule has 198 valence electrons. The van der Waals surface area contributed by atoms with Gasteiger partial charge in [-0.2, -0.15) is 0 Å². The lowest BCUT2D eigenvalue weighted by atomic mass is 10.0. The molecule has 0 radical (unpaired) electrons. The lowest BCUT2D eigenvalue weighted by Crippen LogP contribution is -2.38. The Morgan fingerprint density at radius 3 is 2.68 bits per heavy atom. The Balaban J connectivity index is 1.28. The maximum Gasteiger partial charge on any atom is 0.254 e. The second-order valence-corrected chi connectivity index (χ2v) is 9.79. The van der Waals surface area contributed by atoms with Gasteiger partial charge >= 0.3 is 0 Å². The molecule has 2 aliphatic rings. The van der Waals surface area contributed by atoms with Gasteiger partial charge in [-0.15, -0.1) is 0 Å². The van der Waals surface area contributed by atoms with E-state index in [0.29, 0.717) is 41.0 Å². The average Bonchev–Trinajstić information content (AvgIpc) is 3.19. The van der Waals surface area contributed by atoms with Crippen LogP contribution in [-0.2, 0) is 16.1 Å². The van der Waals surface area contributed by atoms with Crippen LogP contribution in [0.1, 0.15) is 47.3 Å². The van der Waals surface area contributed by atoms with E-state index in [4.69, 9.17) is 16.3 Å². The quantitative estimate of drug-likeness (QED) is 0.457. The molecule has 8 nitrogen and oxygen atoms in total. The van der Waals surface area contributed by atoms with Gasteiger partial charge in [0.25, 0.3) is 5.91 Å². The molecule has 5 rings (SSSR count). The third kappa shape index (κ3) is 5.46. The monoisotopic (exact) mass is 541 g/mol. The highest BCUT2D eigenvalue weighted by Crippen LogP contribution is 2.32. The van der Waals surface area contributed by atoms with E-state index in [1.807, 2.05) is 12.1 Å². The lowest BCUT2D eigenvalue weighted by molar-refractivity contribution is -0.122. The van der Waals surface area contributed by atoms with Crippen molar-refractivity contribution in [1.82, 2.24) is 20.2 Å². The normalized spacial score (nSPS) is 16.3. The van der Waals surface area contributed by atoms with Crippen LogP contribution in [0.4, 0.5) is 14.7 Å². The summed E-state index contributed by atoms with van der Waals surface area (Å²) in [7, 11) is 0. The van der Waals surface area contributed by atoms with Gasteiger partial charge in [0.05, 0.1) is 23.0 Å². The van der Waals surface area contributed by atoms with Gasteiger partial charge in [-0.3, -0.25) is 9.59 Å². The number of hydrogen-bond acceptors (Lipinski definition) is 6. The smallest absolute Gasteiger partial charge is 0.254 e. The molecule has 1 saturated heterocycles. The van der Waals surface area contributed by atoms with Crippen molar-refractivity contribution in [3.05, 3.63) is 75.9 Å². The van der Waals surface area contributed by atoms with Crippen molar-refractivity contribution in [3.63, 3.8) is 0 Å². The number of carbonyl (C=O) groups excluding carboxylic acids is 2. The molecule has 38 heavy (non-hydrogen) atoms. The Labute approximate surface area is 223 Å². The lowest BCUT2D eigenvalue weighted by Gasteiger charge is -2.23. The molecule has 0 aliphatic carbocycles. The maximum absolute atomic E-state index is 14.1. The van der Waals surface area contributed by atoms with Gasteiger partial charge in [-0.05, 0) is 43.5 Å². The van der Waals surface area contributed by atoms with Gasteiger partial charge in [0.15, 0.2) is 0 Å². The highest BCUT2D eigenvalue weighted by molar-refractivity contribution is 6.33. The van der Waals surface area contributed by atoms with Crippen molar-refractivity contribution >= 4 is 29.4 Å². The number of ether oxygens (including phenoxy) is 1. The molecule has 1 unspecified atom stereocenters. The number of hydrogen-bond donors (Lipinski definition) is 2. The standard InChI is InChI=1S/C27H26ClF2N5O3/c1-15(24-21(29)3-2-4-22(24)30)32-23(36)14-35-13-17-6-5-16(11-19(17)26(35)37)25-20(28)12-31-27(34-25)33-18-7-9-38-10-8-18/h2-6,11-12,15,18H,7-10,13-14H2,1H3,(H,32,36)(H,31,33,34). The molecule has 2 amide bonds. The van der Waals surface area contributed by atoms with Gasteiger partial charge in [-0.25, -0.2) is 18.7 Å². The highest BCUT2D eigenvalue weighted by atomic mass is 35.5. The van der Waals surface area contributed by atoms with Crippen LogP contribution >= 0.6 is 11.6 Å². The van der Waals surface area contributed by atoms with E-state index < -0.39 is 23.6 Å². The Morgan fingerprint density at radius 1 is 1.21 bits per heavy atom. The summed E-state index contributed by atoms with van der Waals surface area (Å²) >= 11 is 6.41. The van der Waals surface area contributed by atoms with E-state index >= 15 is 0 Å². The highest BCUT2D eigenvalue weighted by Gasteiger charge is 2.30. The van der Waals surface area contributed by atoms with E-state index in [0.717, 1.165) is 30.5 Å². The first-order chi connectivity index (χ1) is 18.3. The molecule has 2 aromatic carbocycles. The van der Waals surface area contributed by atoms with E-state index in [1.165, 1.54) is 24.1 Å². The van der Waals surface area contributed by atoms with Crippen molar-refractivity contribution in [3.8, 4) is 11.3 Å². The minimum absolute atomic E-state index is 0.205. The number of halogens is 3. The van der Waals surface area contributed by atoms with E-state index in [1.54, 1.807) is 6.07 Å². The predicted octanol–water partition coefficient (Wildman–Crippen LogP) is 4.50. The van der Waals surface area contributed by atoms with E-state index in [9.17, 15) is 18.4 Å². The average molecular weight is 542 g/mol. The molecule has 3 heterocycles. The molecule has 2 N–H and O–H groups in total. The Hall–Kier alpha value is -3.63. The van der Waals surface area contributed by atoms with E-state index in [2.05, 4.69) is 20.6 Å². The Morgan fingerprint density at radius 2 is 1.95 bits per heavy atom. The zero-order chi connectivity index (χ0) is 26.8.